The molecule has 3 heterocycles. The zero-order valence-electron chi connectivity index (χ0n) is 14.5. The number of benzene rings is 1. The molecule has 0 spiro atoms. The molecular formula is C20H19N3OS2. The van der Waals surface area contributed by atoms with E-state index in [-0.39, 0.29) is 12.1 Å². The van der Waals surface area contributed by atoms with Gasteiger partial charge in [0.1, 0.15) is 5.75 Å². The third-order valence-corrected chi connectivity index (χ3v) is 6.02. The largest absolute Gasteiger partial charge is 0.497 e. The van der Waals surface area contributed by atoms with Crippen LogP contribution in [-0.4, -0.2) is 17.2 Å². The summed E-state index contributed by atoms with van der Waals surface area (Å²) < 4.78 is 5.29. The molecule has 1 aromatic carbocycles. The second kappa shape index (κ2) is 7.05. The highest BCUT2D eigenvalue weighted by Crippen LogP contribution is 2.44. The SMILES string of the molecule is COc1ccc(N2C(=S)N[C@@H](c3ccccn3)[C@H]2c2sccc2C)cc1. The van der Waals surface area contributed by atoms with Crippen LogP contribution in [0, 0.1) is 6.92 Å². The molecule has 0 amide bonds. The Bertz CT molecular complexity index is 908. The molecule has 1 fully saturated rings. The molecule has 3 aromatic rings. The van der Waals surface area contributed by atoms with Crippen molar-refractivity contribution in [3.63, 3.8) is 0 Å². The van der Waals surface area contributed by atoms with Gasteiger partial charge < -0.3 is 15.0 Å². The molecule has 26 heavy (non-hydrogen) atoms. The zero-order chi connectivity index (χ0) is 18.1. The first kappa shape index (κ1) is 17.0. The van der Waals surface area contributed by atoms with E-state index in [4.69, 9.17) is 17.0 Å². The van der Waals surface area contributed by atoms with E-state index in [9.17, 15) is 0 Å². The number of anilines is 1. The van der Waals surface area contributed by atoms with Crippen molar-refractivity contribution in [1.82, 2.24) is 10.3 Å². The van der Waals surface area contributed by atoms with Gasteiger partial charge in [-0.1, -0.05) is 6.07 Å². The van der Waals surface area contributed by atoms with Crippen molar-refractivity contribution in [2.75, 3.05) is 12.0 Å². The molecule has 1 saturated heterocycles. The average Bonchev–Trinajstić information content (AvgIpc) is 3.25. The molecule has 4 nitrogen and oxygen atoms in total. The Kier molecular flexibility index (Phi) is 4.61. The first-order valence-corrected chi connectivity index (χ1v) is 9.66. The minimum atomic E-state index is 0.00292. The number of thiophene rings is 1. The fraction of sp³-hybridized carbons (Fsp3) is 0.200. The molecule has 6 heteroatoms. The summed E-state index contributed by atoms with van der Waals surface area (Å²) in [7, 11) is 1.67. The third kappa shape index (κ3) is 2.95. The average molecular weight is 382 g/mol. The monoisotopic (exact) mass is 381 g/mol. The summed E-state index contributed by atoms with van der Waals surface area (Å²) in [4.78, 5) is 8.06. The van der Waals surface area contributed by atoms with Crippen LogP contribution in [0.1, 0.15) is 28.2 Å². The van der Waals surface area contributed by atoms with Crippen LogP contribution in [0.4, 0.5) is 5.69 Å². The number of nitrogens with zero attached hydrogens (tertiary/aromatic N) is 2. The number of rotatable bonds is 4. The van der Waals surface area contributed by atoms with Gasteiger partial charge in [0.25, 0.3) is 0 Å². The topological polar surface area (TPSA) is 37.4 Å². The lowest BCUT2D eigenvalue weighted by atomic mass is 10.0. The summed E-state index contributed by atoms with van der Waals surface area (Å²) in [5, 5.41) is 6.33. The normalized spacial score (nSPS) is 19.5. The maximum absolute atomic E-state index is 5.72. The van der Waals surface area contributed by atoms with Crippen molar-refractivity contribution < 1.29 is 4.74 Å². The third-order valence-electron chi connectivity index (χ3n) is 4.62. The molecule has 1 aliphatic heterocycles. The van der Waals surface area contributed by atoms with Crippen molar-refractivity contribution in [2.45, 2.75) is 19.0 Å². The smallest absolute Gasteiger partial charge is 0.174 e. The summed E-state index contributed by atoms with van der Waals surface area (Å²) in [5.74, 6) is 0.831. The Hall–Kier alpha value is -2.44. The molecule has 1 aliphatic rings. The van der Waals surface area contributed by atoms with Crippen molar-refractivity contribution in [2.24, 2.45) is 0 Å². The second-order valence-corrected chi connectivity index (χ2v) is 7.50. The van der Waals surface area contributed by atoms with Crippen LogP contribution >= 0.6 is 23.6 Å². The number of methoxy groups -OCH3 is 1. The summed E-state index contributed by atoms with van der Waals surface area (Å²) >= 11 is 7.48. The highest BCUT2D eigenvalue weighted by atomic mass is 32.1. The van der Waals surface area contributed by atoms with Crippen molar-refractivity contribution >= 4 is 34.4 Å². The van der Waals surface area contributed by atoms with Gasteiger partial charge in [0.05, 0.1) is 24.9 Å². The molecule has 132 valence electrons. The number of aryl methyl sites for hydroxylation is 1. The van der Waals surface area contributed by atoms with E-state index in [1.165, 1.54) is 10.4 Å². The maximum Gasteiger partial charge on any atom is 0.174 e. The number of nitrogens with one attached hydrogen (secondary N) is 1. The molecule has 0 saturated carbocycles. The molecule has 1 N–H and O–H groups in total. The van der Waals surface area contributed by atoms with Gasteiger partial charge in [-0.3, -0.25) is 4.98 Å². The molecule has 0 unspecified atom stereocenters. The fourth-order valence-corrected chi connectivity index (χ4v) is 4.73. The van der Waals surface area contributed by atoms with Gasteiger partial charge in [0.2, 0.25) is 0 Å². The Labute approximate surface area is 162 Å². The van der Waals surface area contributed by atoms with E-state index in [1.54, 1.807) is 18.4 Å². The van der Waals surface area contributed by atoms with Gasteiger partial charge in [0.15, 0.2) is 5.11 Å². The van der Waals surface area contributed by atoms with Crippen LogP contribution in [0.3, 0.4) is 0 Å². The van der Waals surface area contributed by atoms with E-state index < -0.39 is 0 Å². The van der Waals surface area contributed by atoms with E-state index in [0.29, 0.717) is 5.11 Å². The summed E-state index contributed by atoms with van der Waals surface area (Å²) in [6.45, 7) is 2.15. The molecule has 2 aromatic heterocycles. The fourth-order valence-electron chi connectivity index (χ4n) is 3.33. The Balaban J connectivity index is 1.81. The number of hydrogen-bond acceptors (Lipinski definition) is 4. The summed E-state index contributed by atoms with van der Waals surface area (Å²) in [5.41, 5.74) is 3.30. The Morgan fingerprint density at radius 2 is 1.96 bits per heavy atom. The van der Waals surface area contributed by atoms with Crippen LogP contribution < -0.4 is 15.0 Å². The van der Waals surface area contributed by atoms with Crippen LogP contribution in [0.25, 0.3) is 0 Å². The molecular weight excluding hydrogens is 362 g/mol. The van der Waals surface area contributed by atoms with E-state index in [2.05, 4.69) is 33.6 Å². The van der Waals surface area contributed by atoms with Crippen molar-refractivity contribution in [1.29, 1.82) is 0 Å². The van der Waals surface area contributed by atoms with Crippen molar-refractivity contribution in [3.8, 4) is 5.75 Å². The molecule has 2 atom stereocenters. The van der Waals surface area contributed by atoms with Crippen molar-refractivity contribution in [3.05, 3.63) is 76.2 Å². The van der Waals surface area contributed by atoms with Gasteiger partial charge in [-0.2, -0.15) is 0 Å². The predicted molar refractivity (Wildman–Crippen MR) is 110 cm³/mol. The minimum Gasteiger partial charge on any atom is -0.497 e. The second-order valence-electron chi connectivity index (χ2n) is 6.16. The van der Waals surface area contributed by atoms with E-state index in [0.717, 1.165) is 17.1 Å². The van der Waals surface area contributed by atoms with E-state index in [1.807, 2.05) is 48.7 Å². The standard InChI is InChI=1S/C20H19N3OS2/c1-13-10-12-26-19(13)18-17(16-5-3-4-11-21-16)22-20(25)23(18)14-6-8-15(24-2)9-7-14/h3-12,17-18H,1-2H3,(H,22,25)/t17-,18-/m0/s1. The molecule has 0 radical (unpaired) electrons. The summed E-state index contributed by atoms with van der Waals surface area (Å²) in [6, 6.07) is 16.2. The number of aromatic nitrogens is 1. The van der Waals surface area contributed by atoms with Crippen LogP contribution in [0.15, 0.2) is 60.1 Å². The van der Waals surface area contributed by atoms with E-state index >= 15 is 0 Å². The Morgan fingerprint density at radius 3 is 2.58 bits per heavy atom. The number of hydrogen-bond donors (Lipinski definition) is 1. The lowest BCUT2D eigenvalue weighted by Gasteiger charge is -2.27. The van der Waals surface area contributed by atoms with Gasteiger partial charge >= 0.3 is 0 Å². The molecule has 0 aliphatic carbocycles. The number of thiocarbonyl (C=S) groups is 1. The maximum atomic E-state index is 5.72. The molecule has 0 bridgehead atoms. The van der Waals surface area contributed by atoms with Crippen LogP contribution in [0.5, 0.6) is 5.75 Å². The first-order chi connectivity index (χ1) is 12.7. The predicted octanol–water partition coefficient (Wildman–Crippen LogP) is 4.64. The quantitative estimate of drug-likeness (QED) is 0.667. The van der Waals surface area contributed by atoms with Crippen LogP contribution in [0.2, 0.25) is 0 Å². The van der Waals surface area contributed by atoms with Gasteiger partial charge in [-0.15, -0.1) is 11.3 Å². The summed E-state index contributed by atoms with van der Waals surface area (Å²) in [6.07, 6.45) is 1.83. The minimum absolute atomic E-state index is 0.00292. The number of pyridine rings is 1. The zero-order valence-corrected chi connectivity index (χ0v) is 16.2. The van der Waals surface area contributed by atoms with Crippen LogP contribution in [-0.2, 0) is 0 Å². The highest BCUT2D eigenvalue weighted by molar-refractivity contribution is 7.80. The number of ether oxygens (including phenoxy) is 1. The lowest BCUT2D eigenvalue weighted by molar-refractivity contribution is 0.415. The molecule has 4 rings (SSSR count). The Morgan fingerprint density at radius 1 is 1.15 bits per heavy atom. The van der Waals surface area contributed by atoms with Gasteiger partial charge in [-0.05, 0) is 72.5 Å². The highest BCUT2D eigenvalue weighted by Gasteiger charge is 2.41. The van der Waals surface area contributed by atoms with Gasteiger partial charge in [-0.25, -0.2) is 0 Å². The first-order valence-electron chi connectivity index (χ1n) is 8.37. The van der Waals surface area contributed by atoms with Gasteiger partial charge in [0, 0.05) is 16.8 Å². The lowest BCUT2D eigenvalue weighted by Crippen LogP contribution is -2.29.